The normalized spacial score (nSPS) is 17.4. The highest BCUT2D eigenvalue weighted by atomic mass is 15.5. The van der Waals surface area contributed by atoms with Crippen molar-refractivity contribution in [1.29, 1.82) is 0 Å². The molecule has 0 unspecified atom stereocenters. The van der Waals surface area contributed by atoms with E-state index in [0.29, 0.717) is 6.04 Å². The number of hydrogen-bond acceptors (Lipinski definition) is 2. The SMILES string of the molecule is Cn1cccc1/C=N\N1CC[NH+](C2c3ccccc3-c3ccccc32)CC1. The van der Waals surface area contributed by atoms with E-state index in [9.17, 15) is 0 Å². The van der Waals surface area contributed by atoms with Gasteiger partial charge in [0.25, 0.3) is 0 Å². The minimum absolute atomic E-state index is 0.455. The monoisotopic (exact) mass is 357 g/mol. The molecule has 1 aromatic heterocycles. The number of nitrogens with zero attached hydrogens (tertiary/aromatic N) is 3. The molecule has 0 saturated carbocycles. The van der Waals surface area contributed by atoms with Crippen LogP contribution in [-0.4, -0.2) is 42.0 Å². The molecule has 3 aromatic rings. The topological polar surface area (TPSA) is 25.0 Å². The Hall–Kier alpha value is -2.85. The second kappa shape index (κ2) is 6.71. The maximum Gasteiger partial charge on any atom is 0.140 e. The van der Waals surface area contributed by atoms with Gasteiger partial charge in [-0.25, -0.2) is 0 Å². The zero-order chi connectivity index (χ0) is 18.2. The summed E-state index contributed by atoms with van der Waals surface area (Å²) in [6.45, 7) is 4.21. The highest BCUT2D eigenvalue weighted by molar-refractivity contribution is 5.78. The Morgan fingerprint density at radius 1 is 0.889 bits per heavy atom. The van der Waals surface area contributed by atoms with Gasteiger partial charge in [-0.2, -0.15) is 5.10 Å². The number of hydrogen-bond donors (Lipinski definition) is 1. The van der Waals surface area contributed by atoms with Crippen molar-refractivity contribution in [2.24, 2.45) is 12.1 Å². The van der Waals surface area contributed by atoms with Gasteiger partial charge < -0.3 is 9.47 Å². The zero-order valence-electron chi connectivity index (χ0n) is 15.7. The van der Waals surface area contributed by atoms with E-state index in [4.69, 9.17) is 5.10 Å². The fourth-order valence-electron chi connectivity index (χ4n) is 4.53. The molecule has 27 heavy (non-hydrogen) atoms. The highest BCUT2D eigenvalue weighted by Gasteiger charge is 2.37. The maximum absolute atomic E-state index is 4.71. The first kappa shape index (κ1) is 16.3. The van der Waals surface area contributed by atoms with E-state index >= 15 is 0 Å². The molecule has 4 nitrogen and oxygen atoms in total. The van der Waals surface area contributed by atoms with E-state index < -0.39 is 0 Å². The van der Waals surface area contributed by atoms with Crippen LogP contribution in [0.25, 0.3) is 11.1 Å². The molecule has 0 atom stereocenters. The second-order valence-corrected chi connectivity index (χ2v) is 7.51. The Morgan fingerprint density at radius 3 is 2.11 bits per heavy atom. The van der Waals surface area contributed by atoms with Gasteiger partial charge in [-0.15, -0.1) is 0 Å². The van der Waals surface area contributed by atoms with Crippen molar-refractivity contribution in [3.05, 3.63) is 83.7 Å². The Balaban J connectivity index is 1.34. The van der Waals surface area contributed by atoms with Gasteiger partial charge >= 0.3 is 0 Å². The van der Waals surface area contributed by atoms with Crippen LogP contribution >= 0.6 is 0 Å². The average Bonchev–Trinajstić information content (AvgIpc) is 3.28. The second-order valence-electron chi connectivity index (χ2n) is 7.51. The zero-order valence-corrected chi connectivity index (χ0v) is 15.7. The van der Waals surface area contributed by atoms with Crippen LogP contribution in [-0.2, 0) is 7.05 Å². The van der Waals surface area contributed by atoms with Crippen LogP contribution in [0.5, 0.6) is 0 Å². The van der Waals surface area contributed by atoms with Gasteiger partial charge in [-0.05, 0) is 23.3 Å². The Kier molecular flexibility index (Phi) is 4.06. The van der Waals surface area contributed by atoms with Crippen molar-refractivity contribution in [2.45, 2.75) is 6.04 Å². The number of quaternary nitrogens is 1. The van der Waals surface area contributed by atoms with Crippen LogP contribution in [0.2, 0.25) is 0 Å². The van der Waals surface area contributed by atoms with Crippen LogP contribution in [0, 0.1) is 0 Å². The first-order valence-electron chi connectivity index (χ1n) is 9.74. The predicted octanol–water partition coefficient (Wildman–Crippen LogP) is 2.33. The molecule has 0 radical (unpaired) electrons. The van der Waals surface area contributed by atoms with Crippen molar-refractivity contribution in [3.8, 4) is 11.1 Å². The summed E-state index contributed by atoms with van der Waals surface area (Å²) in [7, 11) is 2.05. The number of nitrogens with one attached hydrogen (secondary N) is 1. The van der Waals surface area contributed by atoms with Gasteiger partial charge in [0.15, 0.2) is 0 Å². The number of fused-ring (bicyclic) bond motifs is 3. The van der Waals surface area contributed by atoms with Gasteiger partial charge in [0.05, 0.1) is 38.1 Å². The smallest absolute Gasteiger partial charge is 0.140 e. The largest absolute Gasteiger partial charge is 0.350 e. The molecule has 1 aliphatic carbocycles. The molecular weight excluding hydrogens is 332 g/mol. The minimum atomic E-state index is 0.455. The van der Waals surface area contributed by atoms with Crippen molar-refractivity contribution < 1.29 is 4.90 Å². The Morgan fingerprint density at radius 2 is 1.52 bits per heavy atom. The first-order valence-corrected chi connectivity index (χ1v) is 9.74. The standard InChI is InChI=1S/C23H24N4/c1-25-12-6-7-18(25)17-24-27-15-13-26(14-16-27)23-21-10-4-2-8-19(21)20-9-3-5-11-22(20)23/h2-12,17,23H,13-16H2,1H3/p+1/b24-17-. The van der Waals surface area contributed by atoms with Crippen LogP contribution in [0.4, 0.5) is 0 Å². The summed E-state index contributed by atoms with van der Waals surface area (Å²) in [6, 6.07) is 22.4. The molecule has 0 amide bonds. The molecule has 0 spiro atoms. The van der Waals surface area contributed by atoms with E-state index in [0.717, 1.165) is 31.9 Å². The number of rotatable bonds is 3. The number of benzene rings is 2. The average molecular weight is 357 g/mol. The van der Waals surface area contributed by atoms with Crippen LogP contribution in [0.1, 0.15) is 22.9 Å². The summed E-state index contributed by atoms with van der Waals surface area (Å²) in [5.74, 6) is 0. The van der Waals surface area contributed by atoms with E-state index in [2.05, 4.69) is 83.5 Å². The third-order valence-electron chi connectivity index (χ3n) is 5.96. The molecule has 5 rings (SSSR count). The Labute approximate surface area is 160 Å². The van der Waals surface area contributed by atoms with Crippen LogP contribution < -0.4 is 4.90 Å². The molecule has 0 bridgehead atoms. The number of aromatic nitrogens is 1. The molecular formula is C23H25N4+. The molecule has 1 N–H and O–H groups in total. The Bertz CT molecular complexity index is 934. The fourth-order valence-corrected chi connectivity index (χ4v) is 4.53. The fraction of sp³-hybridized carbons (Fsp3) is 0.261. The van der Waals surface area contributed by atoms with Gasteiger partial charge in [0.1, 0.15) is 6.04 Å². The lowest BCUT2D eigenvalue weighted by molar-refractivity contribution is -0.929. The van der Waals surface area contributed by atoms with Crippen molar-refractivity contribution in [1.82, 2.24) is 9.58 Å². The lowest BCUT2D eigenvalue weighted by Crippen LogP contribution is -3.14. The number of aryl methyl sites for hydroxylation is 1. The summed E-state index contributed by atoms with van der Waals surface area (Å²) < 4.78 is 2.09. The summed E-state index contributed by atoms with van der Waals surface area (Å²) in [5.41, 5.74) is 6.93. The number of hydrazone groups is 1. The molecule has 1 saturated heterocycles. The van der Waals surface area contributed by atoms with E-state index in [-0.39, 0.29) is 0 Å². The molecule has 1 aliphatic heterocycles. The molecule has 4 heteroatoms. The van der Waals surface area contributed by atoms with E-state index in [1.807, 2.05) is 6.21 Å². The van der Waals surface area contributed by atoms with E-state index in [1.165, 1.54) is 22.3 Å². The number of piperazine rings is 1. The summed E-state index contributed by atoms with van der Waals surface area (Å²) in [6.07, 6.45) is 4.03. The molecule has 136 valence electrons. The van der Waals surface area contributed by atoms with Crippen LogP contribution in [0.3, 0.4) is 0 Å². The quantitative estimate of drug-likeness (QED) is 0.715. The molecule has 2 heterocycles. The minimum Gasteiger partial charge on any atom is -0.350 e. The predicted molar refractivity (Wildman–Crippen MR) is 109 cm³/mol. The lowest BCUT2D eigenvalue weighted by Gasteiger charge is -2.34. The highest BCUT2D eigenvalue weighted by Crippen LogP contribution is 2.41. The van der Waals surface area contributed by atoms with Gasteiger partial charge in [0.2, 0.25) is 0 Å². The molecule has 1 fully saturated rings. The van der Waals surface area contributed by atoms with Crippen molar-refractivity contribution in [2.75, 3.05) is 26.2 Å². The first-order chi connectivity index (χ1) is 13.3. The third-order valence-corrected chi connectivity index (χ3v) is 5.96. The maximum atomic E-state index is 4.71. The van der Waals surface area contributed by atoms with Gasteiger partial charge in [-0.3, -0.25) is 5.01 Å². The van der Waals surface area contributed by atoms with Crippen LogP contribution in [0.15, 0.2) is 72.0 Å². The van der Waals surface area contributed by atoms with Crippen molar-refractivity contribution >= 4 is 6.21 Å². The lowest BCUT2D eigenvalue weighted by atomic mass is 10.0. The summed E-state index contributed by atoms with van der Waals surface area (Å²) in [5, 5.41) is 6.92. The summed E-state index contributed by atoms with van der Waals surface area (Å²) in [4.78, 5) is 1.65. The summed E-state index contributed by atoms with van der Waals surface area (Å²) >= 11 is 0. The van der Waals surface area contributed by atoms with E-state index in [1.54, 1.807) is 4.90 Å². The molecule has 2 aliphatic rings. The van der Waals surface area contributed by atoms with Crippen molar-refractivity contribution in [3.63, 3.8) is 0 Å². The van der Waals surface area contributed by atoms with Gasteiger partial charge in [0, 0.05) is 24.4 Å². The van der Waals surface area contributed by atoms with Gasteiger partial charge in [-0.1, -0.05) is 48.5 Å². The molecule has 2 aromatic carbocycles. The third kappa shape index (κ3) is 2.86.